The molecular formula is C11H20O. The van der Waals surface area contributed by atoms with Gasteiger partial charge in [0.15, 0.2) is 0 Å². The topological polar surface area (TPSA) is 9.23 Å². The molecule has 0 heterocycles. The van der Waals surface area contributed by atoms with Crippen LogP contribution >= 0.6 is 0 Å². The molecule has 1 rings (SSSR count). The maximum Gasteiger partial charge on any atom is 0.0961 e. The number of rotatable bonds is 2. The number of methoxy groups -OCH3 is 1. The van der Waals surface area contributed by atoms with Crippen LogP contribution in [0.3, 0.4) is 0 Å². The molecule has 1 heteroatoms. The molecular weight excluding hydrogens is 148 g/mol. The van der Waals surface area contributed by atoms with E-state index in [1.54, 1.807) is 7.11 Å². The molecule has 0 saturated carbocycles. The van der Waals surface area contributed by atoms with Crippen molar-refractivity contribution in [3.8, 4) is 0 Å². The van der Waals surface area contributed by atoms with Gasteiger partial charge in [0.2, 0.25) is 0 Å². The van der Waals surface area contributed by atoms with Crippen molar-refractivity contribution in [3.63, 3.8) is 0 Å². The number of hydrogen-bond acceptors (Lipinski definition) is 1. The summed E-state index contributed by atoms with van der Waals surface area (Å²) >= 11 is 0. The minimum Gasteiger partial charge on any atom is -0.501 e. The summed E-state index contributed by atoms with van der Waals surface area (Å²) < 4.78 is 5.14. The molecule has 1 aliphatic rings. The molecule has 1 nitrogen and oxygen atoms in total. The molecule has 0 saturated heterocycles. The largest absolute Gasteiger partial charge is 0.501 e. The highest BCUT2D eigenvalue weighted by Crippen LogP contribution is 2.18. The van der Waals surface area contributed by atoms with Gasteiger partial charge in [-0.2, -0.15) is 0 Å². The second-order valence-corrected chi connectivity index (χ2v) is 2.49. The summed E-state index contributed by atoms with van der Waals surface area (Å²) in [5.74, 6) is 1.12. The number of allylic oxidation sites excluding steroid dienone is 4. The second kappa shape index (κ2) is 6.96. The Hall–Kier alpha value is -0.720. The zero-order valence-corrected chi connectivity index (χ0v) is 8.68. The first-order valence-corrected chi connectivity index (χ1v) is 4.80. The lowest BCUT2D eigenvalue weighted by Gasteiger charge is -2.10. The molecule has 0 spiro atoms. The van der Waals surface area contributed by atoms with Gasteiger partial charge in [-0.3, -0.25) is 0 Å². The third kappa shape index (κ3) is 3.61. The smallest absolute Gasteiger partial charge is 0.0961 e. The number of ether oxygens (including phenoxy) is 1. The average Bonchev–Trinajstić information content (AvgIpc) is 2.21. The highest BCUT2D eigenvalue weighted by molar-refractivity contribution is 5.24. The third-order valence-corrected chi connectivity index (χ3v) is 1.81. The van der Waals surface area contributed by atoms with Crippen molar-refractivity contribution in [1.29, 1.82) is 0 Å². The molecule has 0 aromatic rings. The van der Waals surface area contributed by atoms with E-state index in [9.17, 15) is 0 Å². The van der Waals surface area contributed by atoms with Crippen LogP contribution < -0.4 is 0 Å². The van der Waals surface area contributed by atoms with Gasteiger partial charge in [-0.1, -0.05) is 26.8 Å². The van der Waals surface area contributed by atoms with Gasteiger partial charge in [0, 0.05) is 6.42 Å². The van der Waals surface area contributed by atoms with Crippen LogP contribution in [0.25, 0.3) is 0 Å². The maximum atomic E-state index is 5.14. The van der Waals surface area contributed by atoms with E-state index in [2.05, 4.69) is 19.1 Å². The lowest BCUT2D eigenvalue weighted by molar-refractivity contribution is 0.276. The standard InChI is InChI=1S/C9H14O.C2H6/c1-3-8-5-4-6-9(7-8)10-2;1-2/h5,7H,3-4,6H2,1-2H3;1-2H3. The summed E-state index contributed by atoms with van der Waals surface area (Å²) in [6.45, 7) is 6.17. The first kappa shape index (κ1) is 11.3. The van der Waals surface area contributed by atoms with E-state index < -0.39 is 0 Å². The SMILES string of the molecule is CC.CCC1=CCCC(OC)=C1. The third-order valence-electron chi connectivity index (χ3n) is 1.81. The van der Waals surface area contributed by atoms with Gasteiger partial charge in [-0.15, -0.1) is 0 Å². The van der Waals surface area contributed by atoms with Crippen LogP contribution in [0.2, 0.25) is 0 Å². The maximum absolute atomic E-state index is 5.14. The highest BCUT2D eigenvalue weighted by Gasteiger charge is 2.02. The Balaban J connectivity index is 0.000000561. The van der Waals surface area contributed by atoms with E-state index >= 15 is 0 Å². The lowest BCUT2D eigenvalue weighted by Crippen LogP contribution is -1.93. The van der Waals surface area contributed by atoms with Crippen molar-refractivity contribution in [2.75, 3.05) is 7.11 Å². The minimum absolute atomic E-state index is 1.07. The van der Waals surface area contributed by atoms with E-state index in [1.807, 2.05) is 13.8 Å². The van der Waals surface area contributed by atoms with E-state index in [-0.39, 0.29) is 0 Å². The van der Waals surface area contributed by atoms with E-state index in [4.69, 9.17) is 4.74 Å². The van der Waals surface area contributed by atoms with Crippen molar-refractivity contribution in [2.24, 2.45) is 0 Å². The van der Waals surface area contributed by atoms with Gasteiger partial charge in [-0.25, -0.2) is 0 Å². The van der Waals surface area contributed by atoms with Crippen molar-refractivity contribution >= 4 is 0 Å². The van der Waals surface area contributed by atoms with Gasteiger partial charge in [-0.05, 0) is 24.5 Å². The summed E-state index contributed by atoms with van der Waals surface area (Å²) in [7, 11) is 1.74. The summed E-state index contributed by atoms with van der Waals surface area (Å²) in [5.41, 5.74) is 1.41. The molecule has 0 aliphatic heterocycles. The van der Waals surface area contributed by atoms with Gasteiger partial charge in [0.25, 0.3) is 0 Å². The molecule has 0 atom stereocenters. The van der Waals surface area contributed by atoms with Crippen LogP contribution in [-0.2, 0) is 4.74 Å². The molecule has 70 valence electrons. The van der Waals surface area contributed by atoms with Crippen LogP contribution in [0.1, 0.15) is 40.0 Å². The van der Waals surface area contributed by atoms with Gasteiger partial charge < -0.3 is 4.74 Å². The van der Waals surface area contributed by atoms with E-state index in [0.29, 0.717) is 0 Å². The van der Waals surface area contributed by atoms with Gasteiger partial charge >= 0.3 is 0 Å². The summed E-state index contributed by atoms with van der Waals surface area (Å²) in [4.78, 5) is 0. The second-order valence-electron chi connectivity index (χ2n) is 2.49. The van der Waals surface area contributed by atoms with Crippen LogP contribution in [0.4, 0.5) is 0 Å². The molecule has 0 bridgehead atoms. The van der Waals surface area contributed by atoms with Crippen LogP contribution in [0, 0.1) is 0 Å². The molecule has 0 unspecified atom stereocenters. The van der Waals surface area contributed by atoms with Crippen molar-refractivity contribution in [2.45, 2.75) is 40.0 Å². The summed E-state index contributed by atoms with van der Waals surface area (Å²) in [5, 5.41) is 0. The summed E-state index contributed by atoms with van der Waals surface area (Å²) in [6, 6.07) is 0. The lowest BCUT2D eigenvalue weighted by atomic mass is 10.0. The van der Waals surface area contributed by atoms with Crippen LogP contribution in [0.15, 0.2) is 23.5 Å². The Bertz CT molecular complexity index is 166. The predicted molar refractivity (Wildman–Crippen MR) is 54.0 cm³/mol. The Labute approximate surface area is 76.1 Å². The zero-order chi connectivity index (χ0) is 9.40. The fourth-order valence-corrected chi connectivity index (χ4v) is 1.15. The zero-order valence-electron chi connectivity index (χ0n) is 8.68. The van der Waals surface area contributed by atoms with Crippen LogP contribution in [-0.4, -0.2) is 7.11 Å². The minimum atomic E-state index is 1.07. The molecule has 0 fully saturated rings. The quantitative estimate of drug-likeness (QED) is 0.611. The molecule has 1 aliphatic carbocycles. The first-order valence-electron chi connectivity index (χ1n) is 4.80. The fourth-order valence-electron chi connectivity index (χ4n) is 1.15. The molecule has 0 aromatic heterocycles. The predicted octanol–water partition coefficient (Wildman–Crippen LogP) is 3.67. The normalized spacial score (nSPS) is 15.3. The summed E-state index contributed by atoms with van der Waals surface area (Å²) in [6.07, 6.45) is 7.75. The Morgan fingerprint density at radius 2 is 2.08 bits per heavy atom. The van der Waals surface area contributed by atoms with Crippen molar-refractivity contribution in [1.82, 2.24) is 0 Å². The Morgan fingerprint density at radius 3 is 2.58 bits per heavy atom. The van der Waals surface area contributed by atoms with Crippen molar-refractivity contribution in [3.05, 3.63) is 23.5 Å². The average molecular weight is 168 g/mol. The molecule has 0 amide bonds. The Kier molecular flexibility index (Phi) is 6.54. The van der Waals surface area contributed by atoms with Crippen LogP contribution in [0.5, 0.6) is 0 Å². The molecule has 0 N–H and O–H groups in total. The van der Waals surface area contributed by atoms with Gasteiger partial charge in [0.1, 0.15) is 0 Å². The molecule has 12 heavy (non-hydrogen) atoms. The van der Waals surface area contributed by atoms with Crippen molar-refractivity contribution < 1.29 is 4.74 Å². The molecule has 0 radical (unpaired) electrons. The monoisotopic (exact) mass is 168 g/mol. The molecule has 0 aromatic carbocycles. The fraction of sp³-hybridized carbons (Fsp3) is 0.636. The van der Waals surface area contributed by atoms with E-state index in [0.717, 1.165) is 25.0 Å². The Morgan fingerprint density at radius 1 is 1.42 bits per heavy atom. The number of hydrogen-bond donors (Lipinski definition) is 0. The van der Waals surface area contributed by atoms with E-state index in [1.165, 1.54) is 5.57 Å². The first-order chi connectivity index (χ1) is 5.86. The highest BCUT2D eigenvalue weighted by atomic mass is 16.5. The van der Waals surface area contributed by atoms with Gasteiger partial charge in [0.05, 0.1) is 12.9 Å².